The normalized spacial score (nSPS) is 11.2. The number of benzene rings is 1. The molecule has 0 aromatic heterocycles. The van der Waals surface area contributed by atoms with Gasteiger partial charge in [-0.2, -0.15) is 8.42 Å². The first-order valence-electron chi connectivity index (χ1n) is 4.64. The van der Waals surface area contributed by atoms with E-state index < -0.39 is 15.9 Å². The average Bonchev–Trinajstić information content (AvgIpc) is 2.21. The largest absolute Gasteiger partial charge is 0.493 e. The number of nitrogens with two attached hydrogens (primary N) is 2. The summed E-state index contributed by atoms with van der Waals surface area (Å²) in [5.74, 6) is 0.0929. The van der Waals surface area contributed by atoms with Crippen LogP contribution < -0.4 is 20.9 Å². The molecule has 1 aromatic rings. The summed E-state index contributed by atoms with van der Waals surface area (Å²) in [5.41, 5.74) is 11.8. The van der Waals surface area contributed by atoms with Gasteiger partial charge >= 0.3 is 0 Å². The Hall–Kier alpha value is -1.67. The van der Waals surface area contributed by atoms with E-state index in [1.165, 1.54) is 19.2 Å². The number of methoxy groups -OCH3 is 1. The molecule has 96 valence electrons. The lowest BCUT2D eigenvalue weighted by atomic mass is 10.2. The van der Waals surface area contributed by atoms with Gasteiger partial charge in [0.15, 0.2) is 11.5 Å². The number of hydrogen-bond acceptors (Lipinski definition) is 6. The molecule has 5 N–H and O–H groups in total. The number of nitrogen functional groups attached to an aromatic ring is 2. The highest BCUT2D eigenvalue weighted by molar-refractivity contribution is 7.85. The molecule has 1 aromatic carbocycles. The van der Waals surface area contributed by atoms with E-state index in [1.807, 2.05) is 0 Å². The molecule has 0 unspecified atom stereocenters. The van der Waals surface area contributed by atoms with Crippen LogP contribution in [0.5, 0.6) is 11.5 Å². The lowest BCUT2D eigenvalue weighted by Gasteiger charge is -2.12. The van der Waals surface area contributed by atoms with Crippen LogP contribution in [0.25, 0.3) is 0 Å². The van der Waals surface area contributed by atoms with E-state index in [1.54, 1.807) is 0 Å². The summed E-state index contributed by atoms with van der Waals surface area (Å²) in [4.78, 5) is 0. The first kappa shape index (κ1) is 13.4. The highest BCUT2D eigenvalue weighted by atomic mass is 32.2. The summed E-state index contributed by atoms with van der Waals surface area (Å²) < 4.78 is 39.7. The van der Waals surface area contributed by atoms with Crippen LogP contribution in [0.2, 0.25) is 0 Å². The molecule has 0 bridgehead atoms. The van der Waals surface area contributed by atoms with Gasteiger partial charge in [0.25, 0.3) is 10.1 Å². The molecule has 8 heteroatoms. The maximum atomic E-state index is 10.5. The standard InChI is InChI=1S/C9H14N2O5S/c1-15-8-4-6(10)7(11)5-9(8)16-2-3-17(12,13)14/h4-5H,2-3,10-11H2,1H3,(H,12,13,14). The Morgan fingerprint density at radius 3 is 2.24 bits per heavy atom. The van der Waals surface area contributed by atoms with E-state index in [9.17, 15) is 8.42 Å². The minimum Gasteiger partial charge on any atom is -0.493 e. The molecular weight excluding hydrogens is 248 g/mol. The summed E-state index contributed by atoms with van der Waals surface area (Å²) in [6, 6.07) is 2.90. The van der Waals surface area contributed by atoms with Crippen molar-refractivity contribution in [2.24, 2.45) is 0 Å². The van der Waals surface area contributed by atoms with Crippen molar-refractivity contribution in [3.8, 4) is 11.5 Å². The van der Waals surface area contributed by atoms with Crippen molar-refractivity contribution >= 4 is 21.5 Å². The predicted octanol–water partition coefficient (Wildman–Crippen LogP) is 0.126. The van der Waals surface area contributed by atoms with E-state index in [2.05, 4.69) is 0 Å². The Kier molecular flexibility index (Phi) is 4.02. The fourth-order valence-corrected chi connectivity index (χ4v) is 1.41. The van der Waals surface area contributed by atoms with Crippen LogP contribution >= 0.6 is 0 Å². The third-order valence-electron chi connectivity index (χ3n) is 1.97. The lowest BCUT2D eigenvalue weighted by Crippen LogP contribution is -2.13. The van der Waals surface area contributed by atoms with E-state index in [-0.39, 0.29) is 12.4 Å². The molecule has 1 rings (SSSR count). The van der Waals surface area contributed by atoms with Gasteiger partial charge < -0.3 is 20.9 Å². The summed E-state index contributed by atoms with van der Waals surface area (Å²) in [6.45, 7) is -0.210. The van der Waals surface area contributed by atoms with Gasteiger partial charge in [0.05, 0.1) is 18.5 Å². The van der Waals surface area contributed by atoms with Crippen molar-refractivity contribution < 1.29 is 22.4 Å². The number of anilines is 2. The van der Waals surface area contributed by atoms with Crippen molar-refractivity contribution in [1.82, 2.24) is 0 Å². The van der Waals surface area contributed by atoms with Gasteiger partial charge in [-0.3, -0.25) is 4.55 Å². The first-order chi connectivity index (χ1) is 7.83. The van der Waals surface area contributed by atoms with Gasteiger partial charge in [-0.05, 0) is 0 Å². The molecular formula is C9H14N2O5S. The smallest absolute Gasteiger partial charge is 0.268 e. The Morgan fingerprint density at radius 1 is 1.24 bits per heavy atom. The minimum atomic E-state index is -4.05. The number of hydrogen-bond donors (Lipinski definition) is 3. The molecule has 0 aliphatic rings. The Bertz CT molecular complexity index is 500. The van der Waals surface area contributed by atoms with Gasteiger partial charge in [0.2, 0.25) is 0 Å². The van der Waals surface area contributed by atoms with E-state index in [4.69, 9.17) is 25.5 Å². The highest BCUT2D eigenvalue weighted by Crippen LogP contribution is 2.33. The first-order valence-corrected chi connectivity index (χ1v) is 6.25. The Labute approximate surface area is 99.1 Å². The molecule has 0 radical (unpaired) electrons. The van der Waals surface area contributed by atoms with Crippen molar-refractivity contribution in [2.75, 3.05) is 30.9 Å². The van der Waals surface area contributed by atoms with Crippen LogP contribution in [0.4, 0.5) is 11.4 Å². The summed E-state index contributed by atoms with van der Waals surface area (Å²) >= 11 is 0. The SMILES string of the molecule is COc1cc(N)c(N)cc1OCCS(=O)(=O)O. The molecule has 0 fully saturated rings. The molecule has 17 heavy (non-hydrogen) atoms. The topological polar surface area (TPSA) is 125 Å². The fraction of sp³-hybridized carbons (Fsp3) is 0.333. The molecule has 0 amide bonds. The summed E-state index contributed by atoms with van der Waals surface area (Å²) in [6.07, 6.45) is 0. The van der Waals surface area contributed by atoms with Crippen molar-refractivity contribution in [2.45, 2.75) is 0 Å². The molecule has 0 saturated heterocycles. The maximum absolute atomic E-state index is 10.5. The lowest BCUT2D eigenvalue weighted by molar-refractivity contribution is 0.309. The second-order valence-corrected chi connectivity index (χ2v) is 4.84. The van der Waals surface area contributed by atoms with Crippen molar-refractivity contribution in [3.63, 3.8) is 0 Å². The third-order valence-corrected chi connectivity index (χ3v) is 2.65. The van der Waals surface area contributed by atoms with Gasteiger partial charge in [-0.1, -0.05) is 0 Å². The van der Waals surface area contributed by atoms with Gasteiger partial charge in [0.1, 0.15) is 12.4 Å². The third kappa shape index (κ3) is 4.00. The van der Waals surface area contributed by atoms with Crippen LogP contribution in [0.15, 0.2) is 12.1 Å². The number of ether oxygens (including phenoxy) is 2. The van der Waals surface area contributed by atoms with Crippen LogP contribution in [0, 0.1) is 0 Å². The Balaban J connectivity index is 2.80. The Morgan fingerprint density at radius 2 is 1.76 bits per heavy atom. The minimum absolute atomic E-state index is 0.210. The van der Waals surface area contributed by atoms with E-state index in [0.29, 0.717) is 17.1 Å². The van der Waals surface area contributed by atoms with Gasteiger partial charge in [0, 0.05) is 12.1 Å². The second-order valence-electron chi connectivity index (χ2n) is 3.27. The molecule has 0 heterocycles. The van der Waals surface area contributed by atoms with Crippen molar-refractivity contribution in [3.05, 3.63) is 12.1 Å². The number of rotatable bonds is 5. The van der Waals surface area contributed by atoms with Crippen molar-refractivity contribution in [1.29, 1.82) is 0 Å². The van der Waals surface area contributed by atoms with Crippen LogP contribution in [-0.4, -0.2) is 32.4 Å². The summed E-state index contributed by atoms with van der Waals surface area (Å²) in [7, 11) is -2.64. The van der Waals surface area contributed by atoms with E-state index in [0.717, 1.165) is 0 Å². The van der Waals surface area contributed by atoms with Gasteiger partial charge in [-0.25, -0.2) is 0 Å². The molecule has 0 aliphatic carbocycles. The molecule has 7 nitrogen and oxygen atoms in total. The zero-order chi connectivity index (χ0) is 13.1. The van der Waals surface area contributed by atoms with Crippen LogP contribution in [0.1, 0.15) is 0 Å². The van der Waals surface area contributed by atoms with Crippen LogP contribution in [0.3, 0.4) is 0 Å². The van der Waals surface area contributed by atoms with Gasteiger partial charge in [-0.15, -0.1) is 0 Å². The quantitative estimate of drug-likeness (QED) is 0.508. The maximum Gasteiger partial charge on any atom is 0.268 e. The zero-order valence-corrected chi connectivity index (χ0v) is 10.0. The monoisotopic (exact) mass is 262 g/mol. The van der Waals surface area contributed by atoms with Crippen LogP contribution in [-0.2, 0) is 10.1 Å². The molecule has 0 spiro atoms. The predicted molar refractivity (Wildman–Crippen MR) is 63.7 cm³/mol. The molecule has 0 saturated carbocycles. The molecule has 0 aliphatic heterocycles. The fourth-order valence-electron chi connectivity index (χ4n) is 1.12. The second kappa shape index (κ2) is 5.11. The highest BCUT2D eigenvalue weighted by Gasteiger charge is 2.10. The zero-order valence-electron chi connectivity index (χ0n) is 9.21. The summed E-state index contributed by atoms with van der Waals surface area (Å²) in [5, 5.41) is 0. The molecule has 0 atom stereocenters. The average molecular weight is 262 g/mol. The van der Waals surface area contributed by atoms with E-state index >= 15 is 0 Å².